The van der Waals surface area contributed by atoms with Crippen LogP contribution in [0.25, 0.3) is 0 Å². The quantitative estimate of drug-likeness (QED) is 0.726. The van der Waals surface area contributed by atoms with Crippen molar-refractivity contribution >= 4 is 29.4 Å². The molecule has 1 amide bonds. The number of hydrogen-bond donors (Lipinski definition) is 1. The number of carbonyl (C=O) groups is 1. The number of carbonyl (C=O) groups excluding carboxylic acids is 1. The molecule has 0 unspecified atom stereocenters. The molecule has 3 heterocycles. The second-order valence-corrected chi connectivity index (χ2v) is 8.58. The lowest BCUT2D eigenvalue weighted by Gasteiger charge is -2.31. The average molecular weight is 391 g/mol. The zero-order valence-electron chi connectivity index (χ0n) is 15.8. The molecule has 2 fully saturated rings. The normalized spacial score (nSPS) is 18.1. The second kappa shape index (κ2) is 7.92. The van der Waals surface area contributed by atoms with Crippen molar-refractivity contribution in [2.45, 2.75) is 57.1 Å². The van der Waals surface area contributed by atoms with Crippen molar-refractivity contribution in [2.24, 2.45) is 5.92 Å². The van der Waals surface area contributed by atoms with Gasteiger partial charge in [0.1, 0.15) is 5.76 Å². The minimum absolute atomic E-state index is 0.0708. The Kier molecular flexibility index (Phi) is 5.38. The smallest absolute Gasteiger partial charge is 0.228 e. The van der Waals surface area contributed by atoms with Crippen LogP contribution in [0.3, 0.4) is 0 Å². The highest BCUT2D eigenvalue weighted by molar-refractivity contribution is 7.99. The molecule has 2 aromatic rings. The Morgan fingerprint density at radius 3 is 2.74 bits per heavy atom. The summed E-state index contributed by atoms with van der Waals surface area (Å²) in [6.45, 7) is 6.21. The summed E-state index contributed by atoms with van der Waals surface area (Å²) in [5, 5.41) is 16.4. The van der Waals surface area contributed by atoms with Crippen molar-refractivity contribution in [1.29, 1.82) is 0 Å². The summed E-state index contributed by atoms with van der Waals surface area (Å²) in [5.74, 6) is 3.53. The van der Waals surface area contributed by atoms with E-state index in [0.717, 1.165) is 30.1 Å². The maximum Gasteiger partial charge on any atom is 0.228 e. The minimum Gasteiger partial charge on any atom is -0.360 e. The van der Waals surface area contributed by atoms with Crippen LogP contribution in [-0.2, 0) is 4.79 Å². The van der Waals surface area contributed by atoms with E-state index in [1.165, 1.54) is 25.7 Å². The lowest BCUT2D eigenvalue weighted by Crippen LogP contribution is -2.34. The van der Waals surface area contributed by atoms with Gasteiger partial charge in [-0.2, -0.15) is 0 Å². The fourth-order valence-electron chi connectivity index (χ4n) is 3.31. The molecule has 146 valence electrons. The number of nitrogens with one attached hydrogen (secondary N) is 1. The molecular weight excluding hydrogens is 364 g/mol. The first-order chi connectivity index (χ1) is 13.1. The number of thioether (sulfide) groups is 1. The lowest BCUT2D eigenvalue weighted by atomic mass is 10.00. The third-order valence-corrected chi connectivity index (χ3v) is 6.03. The fraction of sp³-hybridized carbons (Fsp3) is 0.667. The number of hydrogen-bond acceptors (Lipinski definition) is 7. The van der Waals surface area contributed by atoms with Gasteiger partial charge in [0.2, 0.25) is 11.9 Å². The highest BCUT2D eigenvalue weighted by Crippen LogP contribution is 2.41. The molecule has 1 saturated heterocycles. The predicted molar refractivity (Wildman–Crippen MR) is 104 cm³/mol. The SMILES string of the molecule is Cc1cc(NC(=O)CCSc2nnc(N3CCC(C)CC3)n2C2CC2)no1. The molecule has 1 saturated carbocycles. The van der Waals surface area contributed by atoms with Crippen molar-refractivity contribution in [3.8, 4) is 0 Å². The van der Waals surface area contributed by atoms with Crippen molar-refractivity contribution in [1.82, 2.24) is 19.9 Å². The van der Waals surface area contributed by atoms with Crippen molar-refractivity contribution < 1.29 is 9.32 Å². The summed E-state index contributed by atoms with van der Waals surface area (Å²) in [5.41, 5.74) is 0. The Bertz CT molecular complexity index is 792. The molecule has 8 nitrogen and oxygen atoms in total. The molecule has 0 radical (unpaired) electrons. The molecule has 1 aliphatic heterocycles. The van der Waals surface area contributed by atoms with Gasteiger partial charge in [0.15, 0.2) is 11.0 Å². The highest BCUT2D eigenvalue weighted by Gasteiger charge is 2.32. The lowest BCUT2D eigenvalue weighted by molar-refractivity contribution is -0.115. The van der Waals surface area contributed by atoms with Crippen LogP contribution >= 0.6 is 11.8 Å². The van der Waals surface area contributed by atoms with E-state index in [9.17, 15) is 4.79 Å². The van der Waals surface area contributed by atoms with Gasteiger partial charge < -0.3 is 14.7 Å². The molecule has 0 spiro atoms. The first-order valence-electron chi connectivity index (χ1n) is 9.66. The topological polar surface area (TPSA) is 89.1 Å². The van der Waals surface area contributed by atoms with E-state index in [1.807, 2.05) is 0 Å². The fourth-order valence-corrected chi connectivity index (χ4v) is 4.25. The molecule has 27 heavy (non-hydrogen) atoms. The van der Waals surface area contributed by atoms with Gasteiger partial charge >= 0.3 is 0 Å². The Morgan fingerprint density at radius 1 is 1.30 bits per heavy atom. The first-order valence-corrected chi connectivity index (χ1v) is 10.6. The summed E-state index contributed by atoms with van der Waals surface area (Å²) in [6.07, 6.45) is 5.19. The molecule has 2 aromatic heterocycles. The van der Waals surface area contributed by atoms with E-state index in [1.54, 1.807) is 24.8 Å². The maximum absolute atomic E-state index is 12.1. The largest absolute Gasteiger partial charge is 0.360 e. The third kappa shape index (κ3) is 4.45. The molecule has 1 aliphatic carbocycles. The second-order valence-electron chi connectivity index (χ2n) is 7.52. The van der Waals surface area contributed by atoms with Crippen LogP contribution in [0.15, 0.2) is 15.7 Å². The standard InChI is InChI=1S/C18H26N6O2S/c1-12-5-8-23(9-6-12)17-20-21-18(24(17)14-3-4-14)27-10-7-16(25)19-15-11-13(2)26-22-15/h11-12,14H,3-10H2,1-2H3,(H,19,22,25). The molecular formula is C18H26N6O2S. The minimum atomic E-state index is -0.0708. The number of anilines is 2. The van der Waals surface area contributed by atoms with Crippen LogP contribution in [0.2, 0.25) is 0 Å². The molecule has 0 atom stereocenters. The molecule has 0 aromatic carbocycles. The van der Waals surface area contributed by atoms with E-state index in [-0.39, 0.29) is 5.91 Å². The molecule has 1 N–H and O–H groups in total. The van der Waals surface area contributed by atoms with Gasteiger partial charge in [0.05, 0.1) is 0 Å². The van der Waals surface area contributed by atoms with E-state index >= 15 is 0 Å². The number of aromatic nitrogens is 4. The number of piperidine rings is 1. The summed E-state index contributed by atoms with van der Waals surface area (Å²) < 4.78 is 7.25. The number of aryl methyl sites for hydroxylation is 1. The predicted octanol–water partition coefficient (Wildman–Crippen LogP) is 3.27. The Hall–Kier alpha value is -2.03. The zero-order valence-corrected chi connectivity index (χ0v) is 16.7. The van der Waals surface area contributed by atoms with Gasteiger partial charge in [-0.3, -0.25) is 9.36 Å². The van der Waals surface area contributed by atoms with Crippen LogP contribution in [0.1, 0.15) is 50.8 Å². The number of amides is 1. The van der Waals surface area contributed by atoms with Gasteiger partial charge in [-0.25, -0.2) is 0 Å². The Morgan fingerprint density at radius 2 is 2.07 bits per heavy atom. The molecule has 4 rings (SSSR count). The van der Waals surface area contributed by atoms with Gasteiger partial charge in [-0.1, -0.05) is 23.8 Å². The van der Waals surface area contributed by atoms with Crippen molar-refractivity contribution in [3.63, 3.8) is 0 Å². The monoisotopic (exact) mass is 390 g/mol. The highest BCUT2D eigenvalue weighted by atomic mass is 32.2. The van der Waals surface area contributed by atoms with Crippen LogP contribution in [0, 0.1) is 12.8 Å². The van der Waals surface area contributed by atoms with E-state index in [4.69, 9.17) is 4.52 Å². The third-order valence-electron chi connectivity index (χ3n) is 5.08. The average Bonchev–Trinajstić information content (AvgIpc) is 3.27. The van der Waals surface area contributed by atoms with Crippen LogP contribution in [0.4, 0.5) is 11.8 Å². The molecule has 0 bridgehead atoms. The van der Waals surface area contributed by atoms with E-state index in [0.29, 0.717) is 29.8 Å². The van der Waals surface area contributed by atoms with Gasteiger partial charge in [-0.05, 0) is 38.5 Å². The van der Waals surface area contributed by atoms with Crippen molar-refractivity contribution in [2.75, 3.05) is 29.1 Å². The van der Waals surface area contributed by atoms with Gasteiger partial charge in [0.25, 0.3) is 0 Å². The number of rotatable bonds is 7. The number of nitrogens with zero attached hydrogens (tertiary/aromatic N) is 5. The molecule has 9 heteroatoms. The summed E-state index contributed by atoms with van der Waals surface area (Å²) in [4.78, 5) is 14.4. The Labute approximate surface area is 163 Å². The van der Waals surface area contributed by atoms with Crippen LogP contribution < -0.4 is 10.2 Å². The first kappa shape index (κ1) is 18.3. The van der Waals surface area contributed by atoms with Gasteiger partial charge in [-0.15, -0.1) is 10.2 Å². The summed E-state index contributed by atoms with van der Waals surface area (Å²) in [6, 6.07) is 2.23. The maximum atomic E-state index is 12.1. The summed E-state index contributed by atoms with van der Waals surface area (Å²) >= 11 is 1.60. The van der Waals surface area contributed by atoms with E-state index < -0.39 is 0 Å². The zero-order chi connectivity index (χ0) is 18.8. The molecule has 2 aliphatic rings. The van der Waals surface area contributed by atoms with Crippen LogP contribution in [0.5, 0.6) is 0 Å². The summed E-state index contributed by atoms with van der Waals surface area (Å²) in [7, 11) is 0. The Balaban J connectivity index is 1.34. The van der Waals surface area contributed by atoms with Gasteiger partial charge in [0, 0.05) is 37.4 Å². The van der Waals surface area contributed by atoms with E-state index in [2.05, 4.69) is 37.1 Å². The van der Waals surface area contributed by atoms with Crippen molar-refractivity contribution in [3.05, 3.63) is 11.8 Å². The van der Waals surface area contributed by atoms with Crippen LogP contribution in [-0.4, -0.2) is 44.7 Å².